The molecule has 1 aromatic carbocycles. The van der Waals surface area contributed by atoms with Crippen LogP contribution in [0.1, 0.15) is 27.7 Å². The SMILES string of the molecule is CC1CN(S(=O)(=O)c2cccc(NC(=O)C(C)(C)C)c2)CCO1. The molecule has 0 aromatic heterocycles. The van der Waals surface area contributed by atoms with Crippen molar-refractivity contribution in [3.63, 3.8) is 0 Å². The van der Waals surface area contributed by atoms with Crippen molar-refractivity contribution in [2.75, 3.05) is 25.0 Å². The highest BCUT2D eigenvalue weighted by molar-refractivity contribution is 7.89. The molecule has 0 saturated carbocycles. The molecule has 0 radical (unpaired) electrons. The van der Waals surface area contributed by atoms with Crippen molar-refractivity contribution in [1.29, 1.82) is 0 Å². The minimum atomic E-state index is -3.59. The smallest absolute Gasteiger partial charge is 0.243 e. The van der Waals surface area contributed by atoms with Gasteiger partial charge in [0.15, 0.2) is 0 Å². The molecule has 1 N–H and O–H groups in total. The van der Waals surface area contributed by atoms with Crippen LogP contribution >= 0.6 is 0 Å². The van der Waals surface area contributed by atoms with Crippen molar-refractivity contribution in [3.05, 3.63) is 24.3 Å². The van der Waals surface area contributed by atoms with Crippen LogP contribution in [0.2, 0.25) is 0 Å². The zero-order valence-corrected chi connectivity index (χ0v) is 14.8. The van der Waals surface area contributed by atoms with Crippen LogP contribution in [0.15, 0.2) is 29.2 Å². The number of hydrogen-bond donors (Lipinski definition) is 1. The second-order valence-electron chi connectivity index (χ2n) is 6.78. The highest BCUT2D eigenvalue weighted by Gasteiger charge is 2.29. The van der Waals surface area contributed by atoms with Crippen LogP contribution in [0.4, 0.5) is 5.69 Å². The lowest BCUT2D eigenvalue weighted by Gasteiger charge is -2.30. The van der Waals surface area contributed by atoms with Crippen LogP contribution in [-0.2, 0) is 19.6 Å². The predicted octanol–water partition coefficient (Wildman–Crippen LogP) is 2.08. The minimum absolute atomic E-state index is 0.123. The van der Waals surface area contributed by atoms with Gasteiger partial charge in [-0.1, -0.05) is 26.8 Å². The molecule has 2 rings (SSSR count). The highest BCUT2D eigenvalue weighted by atomic mass is 32.2. The van der Waals surface area contributed by atoms with Crippen LogP contribution in [0, 0.1) is 5.41 Å². The summed E-state index contributed by atoms with van der Waals surface area (Å²) in [5, 5.41) is 2.76. The summed E-state index contributed by atoms with van der Waals surface area (Å²) >= 11 is 0. The predicted molar refractivity (Wildman–Crippen MR) is 88.7 cm³/mol. The van der Waals surface area contributed by atoms with E-state index in [0.29, 0.717) is 25.4 Å². The molecule has 6 nitrogen and oxygen atoms in total. The van der Waals surface area contributed by atoms with E-state index in [1.165, 1.54) is 10.4 Å². The Morgan fingerprint density at radius 1 is 1.35 bits per heavy atom. The Bertz CT molecular complexity index is 680. The Kier molecular flexibility index (Phi) is 5.13. The molecule has 1 aromatic rings. The van der Waals surface area contributed by atoms with Gasteiger partial charge in [-0.15, -0.1) is 0 Å². The second kappa shape index (κ2) is 6.59. The largest absolute Gasteiger partial charge is 0.376 e. The number of amides is 1. The van der Waals surface area contributed by atoms with E-state index in [0.717, 1.165) is 0 Å². The van der Waals surface area contributed by atoms with Crippen molar-refractivity contribution >= 4 is 21.6 Å². The first-order valence-corrected chi connectivity index (χ1v) is 9.08. The van der Waals surface area contributed by atoms with Gasteiger partial charge in [0.1, 0.15) is 0 Å². The Morgan fingerprint density at radius 3 is 2.65 bits per heavy atom. The number of carbonyl (C=O) groups is 1. The number of morpholine rings is 1. The van der Waals surface area contributed by atoms with Gasteiger partial charge in [0.25, 0.3) is 0 Å². The van der Waals surface area contributed by atoms with E-state index in [1.807, 2.05) is 6.92 Å². The summed E-state index contributed by atoms with van der Waals surface area (Å²) in [4.78, 5) is 12.2. The molecular weight excluding hydrogens is 316 g/mol. The van der Waals surface area contributed by atoms with Gasteiger partial charge in [-0.3, -0.25) is 4.79 Å². The summed E-state index contributed by atoms with van der Waals surface area (Å²) in [7, 11) is -3.59. The second-order valence-corrected chi connectivity index (χ2v) is 8.71. The van der Waals surface area contributed by atoms with E-state index in [-0.39, 0.29) is 16.9 Å². The van der Waals surface area contributed by atoms with Crippen molar-refractivity contribution in [1.82, 2.24) is 4.31 Å². The van der Waals surface area contributed by atoms with Gasteiger partial charge in [0, 0.05) is 24.2 Å². The lowest BCUT2D eigenvalue weighted by molar-refractivity contribution is -0.123. The lowest BCUT2D eigenvalue weighted by atomic mass is 9.95. The molecule has 1 amide bonds. The van der Waals surface area contributed by atoms with Gasteiger partial charge in [-0.2, -0.15) is 4.31 Å². The molecule has 128 valence electrons. The summed E-state index contributed by atoms with van der Waals surface area (Å²) in [6.45, 7) is 8.32. The monoisotopic (exact) mass is 340 g/mol. The van der Waals surface area contributed by atoms with Crippen LogP contribution in [0.5, 0.6) is 0 Å². The molecule has 1 aliphatic heterocycles. The molecule has 1 fully saturated rings. The average molecular weight is 340 g/mol. The number of ether oxygens (including phenoxy) is 1. The number of sulfonamides is 1. The summed E-state index contributed by atoms with van der Waals surface area (Å²) < 4.78 is 32.3. The normalized spacial score (nSPS) is 20.3. The third-order valence-electron chi connectivity index (χ3n) is 3.61. The lowest BCUT2D eigenvalue weighted by Crippen LogP contribution is -2.44. The number of nitrogens with zero attached hydrogens (tertiary/aromatic N) is 1. The van der Waals surface area contributed by atoms with Crippen molar-refractivity contribution in [3.8, 4) is 0 Å². The molecule has 23 heavy (non-hydrogen) atoms. The Hall–Kier alpha value is -1.44. The summed E-state index contributed by atoms with van der Waals surface area (Å²) in [6.07, 6.45) is -0.123. The fourth-order valence-electron chi connectivity index (χ4n) is 2.21. The Morgan fingerprint density at radius 2 is 2.04 bits per heavy atom. The van der Waals surface area contributed by atoms with Crippen molar-refractivity contribution < 1.29 is 17.9 Å². The summed E-state index contributed by atoms with van der Waals surface area (Å²) in [5.74, 6) is -0.160. The van der Waals surface area contributed by atoms with E-state index in [1.54, 1.807) is 39.0 Å². The maximum atomic E-state index is 12.7. The zero-order chi connectivity index (χ0) is 17.3. The van der Waals surface area contributed by atoms with E-state index in [9.17, 15) is 13.2 Å². The number of hydrogen-bond acceptors (Lipinski definition) is 4. The van der Waals surface area contributed by atoms with E-state index >= 15 is 0 Å². The van der Waals surface area contributed by atoms with Crippen LogP contribution in [0.3, 0.4) is 0 Å². The van der Waals surface area contributed by atoms with Gasteiger partial charge >= 0.3 is 0 Å². The van der Waals surface area contributed by atoms with Gasteiger partial charge in [-0.25, -0.2) is 8.42 Å². The van der Waals surface area contributed by atoms with Crippen LogP contribution < -0.4 is 5.32 Å². The quantitative estimate of drug-likeness (QED) is 0.914. The molecule has 1 unspecified atom stereocenters. The molecule has 0 bridgehead atoms. The van der Waals surface area contributed by atoms with Crippen LogP contribution in [-0.4, -0.2) is 44.4 Å². The van der Waals surface area contributed by atoms with Gasteiger partial charge < -0.3 is 10.1 Å². The molecule has 7 heteroatoms. The average Bonchev–Trinajstić information content (AvgIpc) is 2.46. The Labute approximate surface area is 137 Å². The maximum absolute atomic E-state index is 12.7. The summed E-state index contributed by atoms with van der Waals surface area (Å²) in [6, 6.07) is 6.36. The number of anilines is 1. The van der Waals surface area contributed by atoms with Gasteiger partial charge in [0.2, 0.25) is 15.9 Å². The third kappa shape index (κ3) is 4.31. The fourth-order valence-corrected chi connectivity index (χ4v) is 3.75. The number of carbonyl (C=O) groups excluding carboxylic acids is 1. The van der Waals surface area contributed by atoms with E-state index in [4.69, 9.17) is 4.74 Å². The number of rotatable bonds is 3. The fraction of sp³-hybridized carbons (Fsp3) is 0.562. The van der Waals surface area contributed by atoms with Gasteiger partial charge in [0.05, 0.1) is 17.6 Å². The maximum Gasteiger partial charge on any atom is 0.243 e. The number of nitrogens with one attached hydrogen (secondary N) is 1. The molecule has 0 spiro atoms. The highest BCUT2D eigenvalue weighted by Crippen LogP contribution is 2.23. The molecule has 1 aliphatic rings. The molecular formula is C16H24N2O4S. The number of benzene rings is 1. The minimum Gasteiger partial charge on any atom is -0.376 e. The van der Waals surface area contributed by atoms with Gasteiger partial charge in [-0.05, 0) is 25.1 Å². The van der Waals surface area contributed by atoms with E-state index in [2.05, 4.69) is 5.32 Å². The van der Waals surface area contributed by atoms with Crippen molar-refractivity contribution in [2.45, 2.75) is 38.7 Å². The Balaban J connectivity index is 2.23. The first-order chi connectivity index (χ1) is 10.6. The van der Waals surface area contributed by atoms with E-state index < -0.39 is 15.4 Å². The van der Waals surface area contributed by atoms with Crippen LogP contribution in [0.25, 0.3) is 0 Å². The third-order valence-corrected chi connectivity index (χ3v) is 5.48. The standard InChI is InChI=1S/C16H24N2O4S/c1-12-11-18(8-9-22-12)23(20,21)14-7-5-6-13(10-14)17-15(19)16(2,3)4/h5-7,10,12H,8-9,11H2,1-4H3,(H,17,19). The molecule has 1 heterocycles. The zero-order valence-electron chi connectivity index (χ0n) is 14.0. The topological polar surface area (TPSA) is 75.7 Å². The molecule has 1 saturated heterocycles. The first-order valence-electron chi connectivity index (χ1n) is 7.64. The molecule has 0 aliphatic carbocycles. The van der Waals surface area contributed by atoms with Crippen molar-refractivity contribution in [2.24, 2.45) is 5.41 Å². The first kappa shape index (κ1) is 17.9. The molecule has 1 atom stereocenters. The summed E-state index contributed by atoms with van der Waals surface area (Å²) in [5.41, 5.74) is -0.0681.